The van der Waals surface area contributed by atoms with Gasteiger partial charge in [-0.25, -0.2) is 13.2 Å². The molecule has 4 N–H and O–H groups in total. The summed E-state index contributed by atoms with van der Waals surface area (Å²) in [6.07, 6.45) is -0.591. The number of rotatable bonds is 7. The molecule has 1 aromatic carbocycles. The van der Waals surface area contributed by atoms with Crippen LogP contribution in [-0.2, 0) is 24.4 Å². The minimum atomic E-state index is -4.02. The largest absolute Gasteiger partial charge is 0.480 e. The highest BCUT2D eigenvalue weighted by molar-refractivity contribution is 8.02. The summed E-state index contributed by atoms with van der Waals surface area (Å²) in [6.45, 7) is 5.21. The second-order valence-electron chi connectivity index (χ2n) is 7.16. The van der Waals surface area contributed by atoms with Crippen molar-refractivity contribution in [1.82, 2.24) is 9.62 Å². The van der Waals surface area contributed by atoms with Crippen LogP contribution in [0.2, 0.25) is 0 Å². The van der Waals surface area contributed by atoms with Gasteiger partial charge in [0.1, 0.15) is 11.4 Å². The van der Waals surface area contributed by atoms with Gasteiger partial charge in [-0.15, -0.1) is 11.8 Å². The first-order chi connectivity index (χ1) is 12.9. The molecule has 0 spiro atoms. The number of nitrogens with zero attached hydrogens (tertiary/aromatic N) is 1. The first kappa shape index (κ1) is 22.2. The summed E-state index contributed by atoms with van der Waals surface area (Å²) in [5, 5.41) is 10.2. The third-order valence-corrected chi connectivity index (χ3v) is 8.06. The van der Waals surface area contributed by atoms with Gasteiger partial charge in [-0.2, -0.15) is 4.31 Å². The number of carboxylic acids is 1. The normalized spacial score (nSPS) is 20.5. The molecule has 0 unspecified atom stereocenters. The van der Waals surface area contributed by atoms with E-state index in [0.29, 0.717) is 5.75 Å². The van der Waals surface area contributed by atoms with Crippen LogP contribution in [-0.4, -0.2) is 58.3 Å². The molecule has 1 aliphatic rings. The Morgan fingerprint density at radius 3 is 2.39 bits per heavy atom. The van der Waals surface area contributed by atoms with Gasteiger partial charge >= 0.3 is 5.97 Å². The van der Waals surface area contributed by atoms with E-state index in [1.807, 2.05) is 6.92 Å². The summed E-state index contributed by atoms with van der Waals surface area (Å²) in [6, 6.07) is 4.72. The van der Waals surface area contributed by atoms with Gasteiger partial charge in [0.05, 0.1) is 11.3 Å². The Labute approximate surface area is 167 Å². The van der Waals surface area contributed by atoms with Gasteiger partial charge in [0.25, 0.3) is 0 Å². The lowest BCUT2D eigenvalue weighted by Gasteiger charge is -2.33. The quantitative estimate of drug-likeness (QED) is 0.564. The summed E-state index contributed by atoms with van der Waals surface area (Å²) in [5.74, 6) is -2.79. The first-order valence-corrected chi connectivity index (χ1v) is 10.9. The zero-order valence-corrected chi connectivity index (χ0v) is 17.3. The van der Waals surface area contributed by atoms with Crippen molar-refractivity contribution in [3.8, 4) is 0 Å². The Balaban J connectivity index is 2.35. The van der Waals surface area contributed by atoms with Crippen LogP contribution >= 0.6 is 11.8 Å². The maximum Gasteiger partial charge on any atom is 0.326 e. The molecular formula is C17H23N3O6S2. The molecule has 11 heteroatoms. The molecule has 0 aliphatic carbocycles. The lowest BCUT2D eigenvalue weighted by molar-refractivity contribution is -0.143. The van der Waals surface area contributed by atoms with Crippen LogP contribution in [0.5, 0.6) is 0 Å². The Morgan fingerprint density at radius 2 is 1.89 bits per heavy atom. The number of nitrogens with two attached hydrogens (primary N) is 1. The van der Waals surface area contributed by atoms with E-state index in [-0.39, 0.29) is 4.90 Å². The molecule has 9 nitrogen and oxygen atoms in total. The predicted molar refractivity (Wildman–Crippen MR) is 104 cm³/mol. The zero-order valence-electron chi connectivity index (χ0n) is 15.7. The average molecular weight is 430 g/mol. The SMILES string of the molecule is Cc1ccc(S(=O)(=O)N2[C@H](C(=O)N[C@@H](CC(N)=O)C(=O)O)SCC2(C)C)cc1. The summed E-state index contributed by atoms with van der Waals surface area (Å²) < 4.78 is 27.5. The lowest BCUT2D eigenvalue weighted by atomic mass is 10.1. The van der Waals surface area contributed by atoms with Crippen molar-refractivity contribution in [1.29, 1.82) is 0 Å². The van der Waals surface area contributed by atoms with Crippen molar-refractivity contribution in [3.63, 3.8) is 0 Å². The Kier molecular flexibility index (Phi) is 6.41. The number of nitrogens with one attached hydrogen (secondary N) is 1. The zero-order chi connectivity index (χ0) is 21.3. The van der Waals surface area contributed by atoms with Crippen LogP contribution in [0.1, 0.15) is 25.8 Å². The molecule has 1 fully saturated rings. The molecule has 1 aromatic rings. The Bertz CT molecular complexity index is 883. The van der Waals surface area contributed by atoms with E-state index in [4.69, 9.17) is 5.73 Å². The van der Waals surface area contributed by atoms with E-state index in [0.717, 1.165) is 21.6 Å². The highest BCUT2D eigenvalue weighted by Gasteiger charge is 2.51. The van der Waals surface area contributed by atoms with E-state index in [1.165, 1.54) is 12.1 Å². The number of carbonyl (C=O) groups is 3. The van der Waals surface area contributed by atoms with Crippen LogP contribution in [0.25, 0.3) is 0 Å². The van der Waals surface area contributed by atoms with Crippen LogP contribution in [0, 0.1) is 6.92 Å². The van der Waals surface area contributed by atoms with Crippen molar-refractivity contribution in [2.24, 2.45) is 5.73 Å². The summed E-state index contributed by atoms with van der Waals surface area (Å²) in [7, 11) is -4.02. The smallest absolute Gasteiger partial charge is 0.326 e. The van der Waals surface area contributed by atoms with E-state index >= 15 is 0 Å². The topological polar surface area (TPSA) is 147 Å². The van der Waals surface area contributed by atoms with Gasteiger partial charge in [-0.1, -0.05) is 17.7 Å². The van der Waals surface area contributed by atoms with E-state index in [1.54, 1.807) is 26.0 Å². The van der Waals surface area contributed by atoms with Gasteiger partial charge in [0, 0.05) is 11.3 Å². The van der Waals surface area contributed by atoms with E-state index < -0.39 is 51.2 Å². The molecule has 154 valence electrons. The standard InChI is InChI=1S/C17H23N3O6S2/c1-10-4-6-11(7-5-10)28(25,26)20-15(27-9-17(20,2)3)14(22)19-12(16(23)24)8-13(18)21/h4-7,12,15H,8-9H2,1-3H3,(H2,18,21)(H,19,22)(H,23,24)/t12-,15-/m0/s1. The van der Waals surface area contributed by atoms with Gasteiger partial charge in [0.2, 0.25) is 21.8 Å². The molecule has 0 bridgehead atoms. The number of primary amides is 1. The van der Waals surface area contributed by atoms with E-state index in [2.05, 4.69) is 5.32 Å². The second kappa shape index (κ2) is 8.10. The first-order valence-electron chi connectivity index (χ1n) is 8.40. The lowest BCUT2D eigenvalue weighted by Crippen LogP contribution is -2.55. The number of hydrogen-bond acceptors (Lipinski definition) is 6. The summed E-state index contributed by atoms with van der Waals surface area (Å²) in [5.41, 5.74) is 5.03. The fraction of sp³-hybridized carbons (Fsp3) is 0.471. The van der Waals surface area contributed by atoms with Gasteiger partial charge in [-0.05, 0) is 32.9 Å². The Hall–Kier alpha value is -2.11. The fourth-order valence-corrected chi connectivity index (χ4v) is 6.55. The van der Waals surface area contributed by atoms with Crippen LogP contribution in [0.4, 0.5) is 0 Å². The predicted octanol–water partition coefficient (Wildman–Crippen LogP) is 0.282. The number of aliphatic carboxylic acids is 1. The molecular weight excluding hydrogens is 406 g/mol. The van der Waals surface area contributed by atoms with Crippen LogP contribution in [0.3, 0.4) is 0 Å². The number of hydrogen-bond donors (Lipinski definition) is 3. The third kappa shape index (κ3) is 4.65. The van der Waals surface area contributed by atoms with Crippen LogP contribution in [0.15, 0.2) is 29.2 Å². The molecule has 2 rings (SSSR count). The summed E-state index contributed by atoms with van der Waals surface area (Å²) >= 11 is 1.09. The number of carboxylic acid groups (broad SMARTS) is 1. The monoisotopic (exact) mass is 429 g/mol. The maximum absolute atomic E-state index is 13.2. The van der Waals surface area contributed by atoms with Gasteiger partial charge in [0.15, 0.2) is 0 Å². The molecule has 1 heterocycles. The van der Waals surface area contributed by atoms with Gasteiger partial charge in [-0.3, -0.25) is 9.59 Å². The third-order valence-electron chi connectivity index (χ3n) is 4.23. The van der Waals surface area contributed by atoms with Gasteiger partial charge < -0.3 is 16.2 Å². The Morgan fingerprint density at radius 1 is 1.32 bits per heavy atom. The molecule has 2 atom stereocenters. The second-order valence-corrected chi connectivity index (χ2v) is 10.0. The number of thioether (sulfide) groups is 1. The molecule has 0 saturated carbocycles. The molecule has 2 amide bonds. The number of sulfonamides is 1. The minimum Gasteiger partial charge on any atom is -0.480 e. The number of carbonyl (C=O) groups excluding carboxylic acids is 2. The van der Waals surface area contributed by atoms with Crippen molar-refractivity contribution < 1.29 is 27.9 Å². The van der Waals surface area contributed by atoms with Crippen LogP contribution < -0.4 is 11.1 Å². The maximum atomic E-state index is 13.2. The number of amides is 2. The highest BCUT2D eigenvalue weighted by atomic mass is 32.2. The minimum absolute atomic E-state index is 0.0402. The highest BCUT2D eigenvalue weighted by Crippen LogP contribution is 2.41. The molecule has 0 aromatic heterocycles. The molecule has 28 heavy (non-hydrogen) atoms. The fourth-order valence-electron chi connectivity index (χ4n) is 2.83. The molecule has 0 radical (unpaired) electrons. The number of benzene rings is 1. The molecule has 1 aliphatic heterocycles. The van der Waals surface area contributed by atoms with Crippen molar-refractivity contribution in [3.05, 3.63) is 29.8 Å². The van der Waals surface area contributed by atoms with E-state index in [9.17, 15) is 27.9 Å². The van der Waals surface area contributed by atoms with Crippen molar-refractivity contribution in [2.75, 3.05) is 5.75 Å². The number of aryl methyl sites for hydroxylation is 1. The summed E-state index contributed by atoms with van der Waals surface area (Å²) in [4.78, 5) is 35.1. The molecule has 1 saturated heterocycles. The van der Waals surface area contributed by atoms with Crippen molar-refractivity contribution in [2.45, 2.75) is 49.0 Å². The van der Waals surface area contributed by atoms with Crippen molar-refractivity contribution >= 4 is 39.6 Å². The average Bonchev–Trinajstić information content (AvgIpc) is 2.90.